The number of hydrogen-bond donors (Lipinski definition) is 0. The van der Waals surface area contributed by atoms with Crippen LogP contribution >= 0.6 is 34.8 Å². The highest BCUT2D eigenvalue weighted by Gasteiger charge is 2.35. The highest BCUT2D eigenvalue weighted by Crippen LogP contribution is 2.43. The van der Waals surface area contributed by atoms with Gasteiger partial charge in [0, 0.05) is 5.56 Å². The topological polar surface area (TPSA) is 9.23 Å². The van der Waals surface area contributed by atoms with Gasteiger partial charge in [0.15, 0.2) is 0 Å². The highest BCUT2D eigenvalue weighted by molar-refractivity contribution is 6.48. The Morgan fingerprint density at radius 2 is 1.57 bits per heavy atom. The molecule has 0 spiro atoms. The molecule has 0 heterocycles. The monoisotopic (exact) mass is 354 g/mol. The lowest BCUT2D eigenvalue weighted by atomic mass is 10.0. The van der Waals surface area contributed by atoms with E-state index in [1.807, 2.05) is 0 Å². The quantitative estimate of drug-likeness (QED) is 0.571. The van der Waals surface area contributed by atoms with Gasteiger partial charge in [-0.25, -0.2) is 0 Å². The molecule has 0 fully saturated rings. The van der Waals surface area contributed by atoms with Crippen molar-refractivity contribution in [3.63, 3.8) is 0 Å². The first kappa shape index (κ1) is 16.3. The number of rotatable bonds is 2. The van der Waals surface area contributed by atoms with Crippen molar-refractivity contribution in [2.75, 3.05) is 7.11 Å². The summed E-state index contributed by atoms with van der Waals surface area (Å²) in [7, 11) is 1.17. The maximum Gasteiger partial charge on any atom is 0.419 e. The first-order valence-corrected chi connectivity index (χ1v) is 6.78. The summed E-state index contributed by atoms with van der Waals surface area (Å²) in [6.45, 7) is 0. The van der Waals surface area contributed by atoms with E-state index in [0.717, 1.165) is 6.07 Å². The number of methoxy groups -OCH3 is 1. The van der Waals surface area contributed by atoms with Gasteiger partial charge in [-0.1, -0.05) is 46.9 Å². The third kappa shape index (κ3) is 3.23. The number of alkyl halides is 3. The Kier molecular flexibility index (Phi) is 4.61. The molecule has 0 aliphatic heterocycles. The summed E-state index contributed by atoms with van der Waals surface area (Å²) < 4.78 is 43.9. The first-order valence-electron chi connectivity index (χ1n) is 5.64. The third-order valence-corrected chi connectivity index (χ3v) is 4.02. The molecule has 2 aromatic carbocycles. The van der Waals surface area contributed by atoms with E-state index in [0.29, 0.717) is 5.56 Å². The molecular weight excluding hydrogens is 348 g/mol. The summed E-state index contributed by atoms with van der Waals surface area (Å²) in [6.07, 6.45) is -4.53. The largest absolute Gasteiger partial charge is 0.495 e. The van der Waals surface area contributed by atoms with Crippen LogP contribution < -0.4 is 4.74 Å². The van der Waals surface area contributed by atoms with E-state index in [-0.39, 0.29) is 26.4 Å². The fourth-order valence-corrected chi connectivity index (χ4v) is 2.51. The Bertz CT molecular complexity index is 661. The molecule has 0 saturated carbocycles. The molecule has 0 unspecified atom stereocenters. The van der Waals surface area contributed by atoms with Crippen LogP contribution in [0.15, 0.2) is 30.3 Å². The standard InChI is InChI=1S/C14H8Cl3F3O/c1-21-13-8(3-2-4-9(13)14(18,19)20)7-5-10(15)12(17)11(16)6-7/h2-6H,1H3. The van der Waals surface area contributed by atoms with Gasteiger partial charge in [-0.05, 0) is 23.8 Å². The summed E-state index contributed by atoms with van der Waals surface area (Å²) in [5.74, 6) is -0.292. The molecule has 0 radical (unpaired) electrons. The number of hydrogen-bond acceptors (Lipinski definition) is 1. The van der Waals surface area contributed by atoms with E-state index in [2.05, 4.69) is 0 Å². The van der Waals surface area contributed by atoms with Crippen molar-refractivity contribution in [2.45, 2.75) is 6.18 Å². The zero-order valence-corrected chi connectivity index (χ0v) is 12.8. The average Bonchev–Trinajstić information content (AvgIpc) is 2.42. The van der Waals surface area contributed by atoms with Gasteiger partial charge in [0.1, 0.15) is 5.75 Å². The minimum absolute atomic E-state index is 0.146. The normalized spacial score (nSPS) is 11.6. The minimum atomic E-state index is -4.53. The van der Waals surface area contributed by atoms with Crippen LogP contribution in [-0.4, -0.2) is 7.11 Å². The lowest BCUT2D eigenvalue weighted by Gasteiger charge is -2.16. The van der Waals surface area contributed by atoms with Crippen molar-refractivity contribution in [3.8, 4) is 16.9 Å². The van der Waals surface area contributed by atoms with Gasteiger partial charge in [0.2, 0.25) is 0 Å². The summed E-state index contributed by atoms with van der Waals surface area (Å²) in [6, 6.07) is 6.60. The van der Waals surface area contributed by atoms with E-state index < -0.39 is 11.7 Å². The molecule has 0 amide bonds. The Morgan fingerprint density at radius 1 is 1.00 bits per heavy atom. The van der Waals surface area contributed by atoms with Gasteiger partial charge in [0.05, 0.1) is 27.7 Å². The molecule has 0 bridgehead atoms. The molecule has 0 aliphatic rings. The summed E-state index contributed by atoms with van der Waals surface area (Å²) >= 11 is 17.7. The van der Waals surface area contributed by atoms with Crippen LogP contribution in [-0.2, 0) is 6.18 Å². The zero-order valence-electron chi connectivity index (χ0n) is 10.6. The molecule has 2 aromatic rings. The van der Waals surface area contributed by atoms with Gasteiger partial charge in [-0.2, -0.15) is 13.2 Å². The Labute approximate surface area is 134 Å². The lowest BCUT2D eigenvalue weighted by Crippen LogP contribution is -2.08. The smallest absolute Gasteiger partial charge is 0.419 e. The second-order valence-corrected chi connectivity index (χ2v) is 5.33. The Morgan fingerprint density at radius 3 is 2.05 bits per heavy atom. The summed E-state index contributed by atoms with van der Waals surface area (Å²) in [5, 5.41) is 0.449. The van der Waals surface area contributed by atoms with E-state index >= 15 is 0 Å². The van der Waals surface area contributed by atoms with Crippen LogP contribution in [0.25, 0.3) is 11.1 Å². The molecular formula is C14H8Cl3F3O. The molecule has 2 rings (SSSR count). The molecule has 0 atom stereocenters. The van der Waals surface area contributed by atoms with E-state index in [1.165, 1.54) is 31.4 Å². The maximum atomic E-state index is 13.0. The second kappa shape index (κ2) is 5.95. The predicted octanol–water partition coefficient (Wildman–Crippen LogP) is 6.34. The van der Waals surface area contributed by atoms with Gasteiger partial charge in [-0.15, -0.1) is 0 Å². The molecule has 0 aromatic heterocycles. The third-order valence-electron chi connectivity index (χ3n) is 2.82. The summed E-state index contributed by atoms with van der Waals surface area (Å²) in [4.78, 5) is 0. The van der Waals surface area contributed by atoms with Crippen molar-refractivity contribution in [2.24, 2.45) is 0 Å². The van der Waals surface area contributed by atoms with Crippen molar-refractivity contribution >= 4 is 34.8 Å². The van der Waals surface area contributed by atoms with Gasteiger partial charge in [-0.3, -0.25) is 0 Å². The first-order chi connectivity index (χ1) is 9.75. The number of benzene rings is 2. The van der Waals surface area contributed by atoms with Crippen LogP contribution in [0.2, 0.25) is 15.1 Å². The summed E-state index contributed by atoms with van der Waals surface area (Å²) in [5.41, 5.74) is -0.255. The van der Waals surface area contributed by atoms with E-state index in [4.69, 9.17) is 39.5 Å². The maximum absolute atomic E-state index is 13.0. The molecule has 0 aliphatic carbocycles. The van der Waals surface area contributed by atoms with Crippen molar-refractivity contribution in [1.29, 1.82) is 0 Å². The molecule has 112 valence electrons. The molecule has 1 nitrogen and oxygen atoms in total. The van der Waals surface area contributed by atoms with Crippen molar-refractivity contribution in [3.05, 3.63) is 51.0 Å². The SMILES string of the molecule is COc1c(-c2cc(Cl)c(Cl)c(Cl)c2)cccc1C(F)(F)F. The molecule has 7 heteroatoms. The number of para-hydroxylation sites is 1. The van der Waals surface area contributed by atoms with Gasteiger partial charge in [0.25, 0.3) is 0 Å². The van der Waals surface area contributed by atoms with Crippen LogP contribution in [0.3, 0.4) is 0 Å². The number of halogens is 6. The average molecular weight is 356 g/mol. The van der Waals surface area contributed by atoms with E-state index in [9.17, 15) is 13.2 Å². The Balaban J connectivity index is 2.70. The fourth-order valence-electron chi connectivity index (χ4n) is 1.92. The van der Waals surface area contributed by atoms with Crippen molar-refractivity contribution < 1.29 is 17.9 Å². The predicted molar refractivity (Wildman–Crippen MR) is 78.5 cm³/mol. The molecule has 21 heavy (non-hydrogen) atoms. The van der Waals surface area contributed by atoms with Crippen LogP contribution in [0, 0.1) is 0 Å². The fraction of sp³-hybridized carbons (Fsp3) is 0.143. The minimum Gasteiger partial charge on any atom is -0.495 e. The zero-order chi connectivity index (χ0) is 15.8. The van der Waals surface area contributed by atoms with E-state index in [1.54, 1.807) is 0 Å². The van der Waals surface area contributed by atoms with Crippen LogP contribution in [0.1, 0.15) is 5.56 Å². The second-order valence-electron chi connectivity index (χ2n) is 4.14. The highest BCUT2D eigenvalue weighted by atomic mass is 35.5. The molecule has 0 N–H and O–H groups in total. The Hall–Kier alpha value is -1.10. The van der Waals surface area contributed by atoms with Gasteiger partial charge < -0.3 is 4.74 Å². The van der Waals surface area contributed by atoms with Crippen LogP contribution in [0.5, 0.6) is 5.75 Å². The van der Waals surface area contributed by atoms with Gasteiger partial charge >= 0.3 is 6.18 Å². The number of ether oxygens (including phenoxy) is 1. The lowest BCUT2D eigenvalue weighted by molar-refractivity contribution is -0.138. The van der Waals surface area contributed by atoms with Crippen LogP contribution in [0.4, 0.5) is 13.2 Å². The molecule has 0 saturated heterocycles. The van der Waals surface area contributed by atoms with Crippen molar-refractivity contribution in [1.82, 2.24) is 0 Å².